The summed E-state index contributed by atoms with van der Waals surface area (Å²) in [6.45, 7) is 0.605. The van der Waals surface area contributed by atoms with Gasteiger partial charge in [0.15, 0.2) is 0 Å². The van der Waals surface area contributed by atoms with Crippen molar-refractivity contribution in [3.05, 3.63) is 29.8 Å². The molecule has 0 radical (unpaired) electrons. The van der Waals surface area contributed by atoms with Gasteiger partial charge in [0, 0.05) is 5.56 Å². The molecule has 1 amide bonds. The van der Waals surface area contributed by atoms with Crippen LogP contribution in [0.4, 0.5) is 8.78 Å². The Hall–Kier alpha value is -2.18. The lowest BCUT2D eigenvalue weighted by atomic mass is 9.99. The number of aliphatic carboxylic acids is 1. The van der Waals surface area contributed by atoms with Crippen molar-refractivity contribution in [1.82, 2.24) is 5.32 Å². The molecule has 0 aromatic heterocycles. The van der Waals surface area contributed by atoms with Crippen molar-refractivity contribution in [3.8, 4) is 5.75 Å². The van der Waals surface area contributed by atoms with E-state index in [4.69, 9.17) is 5.11 Å². The average Bonchev–Trinajstić information content (AvgIpc) is 2.43. The lowest BCUT2D eigenvalue weighted by Crippen LogP contribution is -2.45. The smallest absolute Gasteiger partial charge is 0.387 e. The molecule has 116 valence electrons. The molecule has 0 fully saturated rings. The molecule has 0 bridgehead atoms. The Balaban J connectivity index is 2.76. The first-order valence-corrected chi connectivity index (χ1v) is 6.43. The maximum absolute atomic E-state index is 12.0. The summed E-state index contributed by atoms with van der Waals surface area (Å²) in [5, 5.41) is 11.5. The second-order valence-corrected chi connectivity index (χ2v) is 4.58. The van der Waals surface area contributed by atoms with Gasteiger partial charge in [-0.25, -0.2) is 4.79 Å². The first-order valence-electron chi connectivity index (χ1n) is 6.43. The summed E-state index contributed by atoms with van der Waals surface area (Å²) in [6.07, 6.45) is 0.596. The van der Waals surface area contributed by atoms with Gasteiger partial charge in [-0.05, 0) is 30.2 Å². The van der Waals surface area contributed by atoms with Gasteiger partial charge in [0.05, 0.1) is 0 Å². The number of rotatable bonds is 7. The van der Waals surface area contributed by atoms with Gasteiger partial charge in [-0.3, -0.25) is 4.79 Å². The van der Waals surface area contributed by atoms with Gasteiger partial charge >= 0.3 is 12.6 Å². The van der Waals surface area contributed by atoms with E-state index in [0.717, 1.165) is 0 Å². The predicted molar refractivity (Wildman–Crippen MR) is 71.4 cm³/mol. The maximum Gasteiger partial charge on any atom is 0.387 e. The Labute approximate surface area is 120 Å². The third-order valence-corrected chi connectivity index (χ3v) is 3.11. The van der Waals surface area contributed by atoms with Crippen LogP contribution in [0, 0.1) is 5.92 Å². The summed E-state index contributed by atoms with van der Waals surface area (Å²) >= 11 is 0. The highest BCUT2D eigenvalue weighted by molar-refractivity contribution is 5.96. The van der Waals surface area contributed by atoms with Crippen molar-refractivity contribution in [2.75, 3.05) is 0 Å². The van der Waals surface area contributed by atoms with Crippen molar-refractivity contribution in [2.24, 2.45) is 5.92 Å². The second kappa shape index (κ2) is 7.56. The first-order chi connectivity index (χ1) is 9.85. The third-order valence-electron chi connectivity index (χ3n) is 3.11. The fraction of sp³-hybridized carbons (Fsp3) is 0.429. The van der Waals surface area contributed by atoms with Gasteiger partial charge in [0.1, 0.15) is 11.8 Å². The Bertz CT molecular complexity index is 490. The molecule has 1 aromatic rings. The van der Waals surface area contributed by atoms with E-state index in [2.05, 4.69) is 10.1 Å². The van der Waals surface area contributed by atoms with Crippen LogP contribution in [0.3, 0.4) is 0 Å². The van der Waals surface area contributed by atoms with E-state index in [-0.39, 0.29) is 17.2 Å². The molecule has 5 nitrogen and oxygen atoms in total. The molecular formula is C14H17F2NO4. The minimum atomic E-state index is -2.94. The van der Waals surface area contributed by atoms with Crippen LogP contribution in [0.25, 0.3) is 0 Å². The normalized spacial score (nSPS) is 13.6. The van der Waals surface area contributed by atoms with Crippen LogP contribution in [-0.2, 0) is 4.79 Å². The lowest BCUT2D eigenvalue weighted by molar-refractivity contribution is -0.140. The topological polar surface area (TPSA) is 75.6 Å². The molecule has 2 unspecified atom stereocenters. The highest BCUT2D eigenvalue weighted by Gasteiger charge is 2.25. The maximum atomic E-state index is 12.0. The highest BCUT2D eigenvalue weighted by atomic mass is 19.3. The van der Waals surface area contributed by atoms with Crippen LogP contribution < -0.4 is 10.1 Å². The zero-order chi connectivity index (χ0) is 16.0. The zero-order valence-electron chi connectivity index (χ0n) is 11.7. The summed E-state index contributed by atoms with van der Waals surface area (Å²) in [7, 11) is 0. The quantitative estimate of drug-likeness (QED) is 0.811. The number of ether oxygens (including phenoxy) is 1. The number of hydrogen-bond acceptors (Lipinski definition) is 3. The van der Waals surface area contributed by atoms with Crippen LogP contribution in [0.2, 0.25) is 0 Å². The number of carbonyl (C=O) groups is 2. The Morgan fingerprint density at radius 3 is 2.29 bits per heavy atom. The third kappa shape index (κ3) is 5.02. The van der Waals surface area contributed by atoms with E-state index < -0.39 is 24.5 Å². The predicted octanol–water partition coefficient (Wildman–Crippen LogP) is 2.52. The van der Waals surface area contributed by atoms with E-state index >= 15 is 0 Å². The fourth-order valence-electron chi connectivity index (χ4n) is 1.70. The van der Waals surface area contributed by atoms with Crippen LogP contribution in [0.15, 0.2) is 24.3 Å². The molecule has 1 rings (SSSR count). The Morgan fingerprint density at radius 1 is 1.29 bits per heavy atom. The molecule has 21 heavy (non-hydrogen) atoms. The van der Waals surface area contributed by atoms with Gasteiger partial charge in [0.2, 0.25) is 0 Å². The molecule has 2 atom stereocenters. The molecule has 0 saturated carbocycles. The summed E-state index contributed by atoms with van der Waals surface area (Å²) in [6, 6.07) is 4.03. The minimum absolute atomic E-state index is 0.0711. The number of carbonyl (C=O) groups excluding carboxylic acids is 1. The second-order valence-electron chi connectivity index (χ2n) is 4.58. The first kappa shape index (κ1) is 16.9. The van der Waals surface area contributed by atoms with Crippen LogP contribution in [-0.4, -0.2) is 29.6 Å². The molecule has 2 N–H and O–H groups in total. The van der Waals surface area contributed by atoms with Crippen molar-refractivity contribution in [1.29, 1.82) is 0 Å². The summed E-state index contributed by atoms with van der Waals surface area (Å²) in [5.74, 6) is -1.99. The largest absolute Gasteiger partial charge is 0.480 e. The number of halogens is 2. The molecule has 0 aliphatic carbocycles. The van der Waals surface area contributed by atoms with Crippen molar-refractivity contribution in [3.63, 3.8) is 0 Å². The summed E-state index contributed by atoms with van der Waals surface area (Å²) in [4.78, 5) is 23.1. The van der Waals surface area contributed by atoms with Crippen LogP contribution >= 0.6 is 0 Å². The zero-order valence-corrected chi connectivity index (χ0v) is 11.7. The van der Waals surface area contributed by atoms with Gasteiger partial charge in [-0.1, -0.05) is 20.3 Å². The number of alkyl halides is 2. The highest BCUT2D eigenvalue weighted by Crippen LogP contribution is 2.15. The number of amides is 1. The van der Waals surface area contributed by atoms with Crippen LogP contribution in [0.1, 0.15) is 30.6 Å². The van der Waals surface area contributed by atoms with Gasteiger partial charge in [-0.15, -0.1) is 0 Å². The van der Waals surface area contributed by atoms with E-state index in [9.17, 15) is 18.4 Å². The molecule has 0 spiro atoms. The van der Waals surface area contributed by atoms with Gasteiger partial charge in [0.25, 0.3) is 5.91 Å². The monoisotopic (exact) mass is 301 g/mol. The fourth-order valence-corrected chi connectivity index (χ4v) is 1.70. The molecule has 0 aliphatic rings. The number of benzene rings is 1. The van der Waals surface area contributed by atoms with Gasteiger partial charge < -0.3 is 15.2 Å². The summed E-state index contributed by atoms with van der Waals surface area (Å²) < 4.78 is 28.2. The van der Waals surface area contributed by atoms with Crippen molar-refractivity contribution in [2.45, 2.75) is 32.9 Å². The number of carboxylic acids is 1. The molecule has 0 heterocycles. The number of hydrogen-bond donors (Lipinski definition) is 2. The van der Waals surface area contributed by atoms with E-state index in [1.54, 1.807) is 6.92 Å². The van der Waals surface area contributed by atoms with E-state index in [0.29, 0.717) is 6.42 Å². The molecular weight excluding hydrogens is 284 g/mol. The van der Waals surface area contributed by atoms with Crippen LogP contribution in [0.5, 0.6) is 5.75 Å². The Morgan fingerprint density at radius 2 is 1.86 bits per heavy atom. The van der Waals surface area contributed by atoms with E-state index in [1.165, 1.54) is 24.3 Å². The minimum Gasteiger partial charge on any atom is -0.480 e. The molecule has 0 aliphatic heterocycles. The number of carboxylic acid groups (broad SMARTS) is 1. The Kier molecular flexibility index (Phi) is 6.08. The van der Waals surface area contributed by atoms with Crippen molar-refractivity contribution >= 4 is 11.9 Å². The lowest BCUT2D eigenvalue weighted by Gasteiger charge is -2.20. The average molecular weight is 301 g/mol. The molecule has 1 aromatic carbocycles. The van der Waals surface area contributed by atoms with E-state index in [1.807, 2.05) is 6.92 Å². The SMILES string of the molecule is CCC(C)C(NC(=O)c1ccc(OC(F)F)cc1)C(=O)O. The van der Waals surface area contributed by atoms with Crippen molar-refractivity contribution < 1.29 is 28.2 Å². The molecule has 7 heteroatoms. The summed E-state index contributed by atoms with van der Waals surface area (Å²) in [5.41, 5.74) is 0.172. The molecule has 0 saturated heterocycles. The standard InChI is InChI=1S/C14H17F2NO4/c1-3-8(2)11(13(19)20)17-12(18)9-4-6-10(7-5-9)21-14(15)16/h4-8,11,14H,3H2,1-2H3,(H,17,18)(H,19,20). The number of nitrogens with one attached hydrogen (secondary N) is 1. The van der Waals surface area contributed by atoms with Gasteiger partial charge in [-0.2, -0.15) is 8.78 Å².